The molecular formula is C16H21N3O4. The molecule has 0 radical (unpaired) electrons. The molecule has 0 saturated carbocycles. The van der Waals surface area contributed by atoms with E-state index in [0.717, 1.165) is 11.3 Å². The van der Waals surface area contributed by atoms with Crippen molar-refractivity contribution in [1.29, 1.82) is 0 Å². The van der Waals surface area contributed by atoms with Crippen LogP contribution in [0, 0.1) is 6.92 Å². The first-order valence-electron chi connectivity index (χ1n) is 7.14. The number of carbonyl (C=O) groups is 1. The van der Waals surface area contributed by atoms with Crippen LogP contribution >= 0.6 is 0 Å². The van der Waals surface area contributed by atoms with E-state index in [0.29, 0.717) is 23.9 Å². The van der Waals surface area contributed by atoms with E-state index in [1.807, 2.05) is 30.1 Å². The quantitative estimate of drug-likeness (QED) is 0.842. The SMILES string of the molecule is COc1ccc(CN(C)CC(=O)Nc2cc(C)no2)cc1OC. The fourth-order valence-electron chi connectivity index (χ4n) is 2.19. The molecule has 0 unspecified atom stereocenters. The minimum absolute atomic E-state index is 0.163. The summed E-state index contributed by atoms with van der Waals surface area (Å²) >= 11 is 0. The Bertz CT molecular complexity index is 669. The predicted octanol–water partition coefficient (Wildman–Crippen LogP) is 2.07. The van der Waals surface area contributed by atoms with E-state index >= 15 is 0 Å². The molecule has 0 atom stereocenters. The molecule has 0 aliphatic rings. The van der Waals surface area contributed by atoms with Gasteiger partial charge in [0.15, 0.2) is 11.5 Å². The molecule has 7 heteroatoms. The zero-order valence-corrected chi connectivity index (χ0v) is 13.8. The number of aryl methyl sites for hydroxylation is 1. The maximum absolute atomic E-state index is 12.0. The molecule has 0 bridgehead atoms. The second-order valence-electron chi connectivity index (χ2n) is 5.24. The molecule has 1 N–H and O–H groups in total. The summed E-state index contributed by atoms with van der Waals surface area (Å²) in [5, 5.41) is 6.39. The molecule has 2 rings (SSSR count). The molecule has 23 heavy (non-hydrogen) atoms. The number of aromatic nitrogens is 1. The standard InChI is InChI=1S/C16H21N3O4/c1-11-7-16(23-18-11)17-15(20)10-19(2)9-12-5-6-13(21-3)14(8-12)22-4/h5-8H,9-10H2,1-4H3,(H,17,20). The minimum atomic E-state index is -0.163. The Morgan fingerprint density at radius 1 is 1.26 bits per heavy atom. The lowest BCUT2D eigenvalue weighted by molar-refractivity contribution is -0.117. The van der Waals surface area contributed by atoms with Gasteiger partial charge in [0.25, 0.3) is 0 Å². The summed E-state index contributed by atoms with van der Waals surface area (Å²) in [6.07, 6.45) is 0. The van der Waals surface area contributed by atoms with Crippen molar-refractivity contribution >= 4 is 11.8 Å². The molecule has 2 aromatic rings. The van der Waals surface area contributed by atoms with E-state index < -0.39 is 0 Å². The van der Waals surface area contributed by atoms with E-state index in [2.05, 4.69) is 10.5 Å². The van der Waals surface area contributed by atoms with Crippen LogP contribution in [-0.4, -0.2) is 43.8 Å². The molecule has 1 heterocycles. The molecule has 1 aromatic carbocycles. The van der Waals surface area contributed by atoms with E-state index in [1.54, 1.807) is 27.2 Å². The van der Waals surface area contributed by atoms with Gasteiger partial charge in [0, 0.05) is 12.6 Å². The lowest BCUT2D eigenvalue weighted by Gasteiger charge is -2.17. The second-order valence-corrected chi connectivity index (χ2v) is 5.24. The highest BCUT2D eigenvalue weighted by atomic mass is 16.5. The number of hydrogen-bond donors (Lipinski definition) is 1. The highest BCUT2D eigenvalue weighted by Gasteiger charge is 2.11. The van der Waals surface area contributed by atoms with Crippen LogP contribution in [0.25, 0.3) is 0 Å². The number of methoxy groups -OCH3 is 2. The first-order valence-corrected chi connectivity index (χ1v) is 7.14. The topological polar surface area (TPSA) is 76.8 Å². The number of rotatable bonds is 7. The van der Waals surface area contributed by atoms with Gasteiger partial charge in [-0.3, -0.25) is 15.0 Å². The number of likely N-dealkylation sites (N-methyl/N-ethyl adjacent to an activating group) is 1. The van der Waals surface area contributed by atoms with Crippen molar-refractivity contribution in [2.45, 2.75) is 13.5 Å². The molecule has 1 amide bonds. The van der Waals surface area contributed by atoms with Gasteiger partial charge < -0.3 is 14.0 Å². The number of amides is 1. The van der Waals surface area contributed by atoms with Crippen LogP contribution < -0.4 is 14.8 Å². The van der Waals surface area contributed by atoms with E-state index in [4.69, 9.17) is 14.0 Å². The maximum atomic E-state index is 12.0. The summed E-state index contributed by atoms with van der Waals surface area (Å²) in [7, 11) is 5.05. The van der Waals surface area contributed by atoms with Gasteiger partial charge in [-0.25, -0.2) is 0 Å². The Balaban J connectivity index is 1.91. The number of carbonyl (C=O) groups excluding carboxylic acids is 1. The molecule has 0 aliphatic carbocycles. The van der Waals surface area contributed by atoms with Crippen molar-refractivity contribution in [2.24, 2.45) is 0 Å². The van der Waals surface area contributed by atoms with Gasteiger partial charge in [0.1, 0.15) is 0 Å². The normalized spacial score (nSPS) is 10.7. The van der Waals surface area contributed by atoms with Gasteiger partial charge in [-0.1, -0.05) is 11.2 Å². The monoisotopic (exact) mass is 319 g/mol. The summed E-state index contributed by atoms with van der Waals surface area (Å²) in [6.45, 7) is 2.62. The van der Waals surface area contributed by atoms with Crippen LogP contribution in [0.3, 0.4) is 0 Å². The highest BCUT2D eigenvalue weighted by Crippen LogP contribution is 2.27. The van der Waals surface area contributed by atoms with E-state index in [1.165, 1.54) is 0 Å². The molecular weight excluding hydrogens is 298 g/mol. The Morgan fingerprint density at radius 3 is 2.61 bits per heavy atom. The number of anilines is 1. The van der Waals surface area contributed by atoms with Gasteiger partial charge in [0.2, 0.25) is 11.8 Å². The van der Waals surface area contributed by atoms with Crippen LogP contribution in [0.15, 0.2) is 28.8 Å². The first-order chi connectivity index (χ1) is 11.0. The van der Waals surface area contributed by atoms with Gasteiger partial charge in [-0.15, -0.1) is 0 Å². The number of nitrogens with one attached hydrogen (secondary N) is 1. The fourth-order valence-corrected chi connectivity index (χ4v) is 2.19. The van der Waals surface area contributed by atoms with E-state index in [9.17, 15) is 4.79 Å². The zero-order chi connectivity index (χ0) is 16.8. The average molecular weight is 319 g/mol. The molecule has 1 aromatic heterocycles. The Hall–Kier alpha value is -2.54. The third kappa shape index (κ3) is 4.72. The van der Waals surface area contributed by atoms with Crippen molar-refractivity contribution in [3.63, 3.8) is 0 Å². The Labute approximate surface area is 135 Å². The first kappa shape index (κ1) is 16.8. The number of ether oxygens (including phenoxy) is 2. The molecule has 0 saturated heterocycles. The Kier molecular flexibility index (Phi) is 5.59. The number of hydrogen-bond acceptors (Lipinski definition) is 6. The highest BCUT2D eigenvalue weighted by molar-refractivity contribution is 5.90. The van der Waals surface area contributed by atoms with Crippen LogP contribution in [0.5, 0.6) is 11.5 Å². The summed E-state index contributed by atoms with van der Waals surface area (Å²) < 4.78 is 15.4. The van der Waals surface area contributed by atoms with E-state index in [-0.39, 0.29) is 12.5 Å². The smallest absolute Gasteiger partial charge is 0.240 e. The van der Waals surface area contributed by atoms with Crippen LogP contribution in [0.2, 0.25) is 0 Å². The van der Waals surface area contributed by atoms with Gasteiger partial charge in [-0.05, 0) is 31.7 Å². The van der Waals surface area contributed by atoms with Crippen LogP contribution in [-0.2, 0) is 11.3 Å². The predicted molar refractivity (Wildman–Crippen MR) is 85.7 cm³/mol. The van der Waals surface area contributed by atoms with Gasteiger partial charge in [0.05, 0.1) is 26.5 Å². The number of nitrogens with zero attached hydrogens (tertiary/aromatic N) is 2. The third-order valence-corrected chi connectivity index (χ3v) is 3.20. The number of benzene rings is 1. The largest absolute Gasteiger partial charge is 0.493 e. The van der Waals surface area contributed by atoms with Crippen molar-refractivity contribution in [2.75, 3.05) is 33.1 Å². The summed E-state index contributed by atoms with van der Waals surface area (Å²) in [5.74, 6) is 1.54. The molecule has 0 aliphatic heterocycles. The molecule has 124 valence electrons. The zero-order valence-electron chi connectivity index (χ0n) is 13.8. The second kappa shape index (κ2) is 7.64. The molecule has 0 fully saturated rings. The fraction of sp³-hybridized carbons (Fsp3) is 0.375. The summed E-state index contributed by atoms with van der Waals surface area (Å²) in [6, 6.07) is 7.36. The lowest BCUT2D eigenvalue weighted by atomic mass is 10.2. The lowest BCUT2D eigenvalue weighted by Crippen LogP contribution is -2.29. The van der Waals surface area contributed by atoms with Gasteiger partial charge >= 0.3 is 0 Å². The summed E-state index contributed by atoms with van der Waals surface area (Å²) in [4.78, 5) is 13.8. The maximum Gasteiger partial charge on any atom is 0.240 e. The Morgan fingerprint density at radius 2 is 2.00 bits per heavy atom. The van der Waals surface area contributed by atoms with Crippen LogP contribution in [0.1, 0.15) is 11.3 Å². The average Bonchev–Trinajstić information content (AvgIpc) is 2.91. The van der Waals surface area contributed by atoms with Crippen molar-refractivity contribution in [3.05, 3.63) is 35.5 Å². The molecule has 7 nitrogen and oxygen atoms in total. The minimum Gasteiger partial charge on any atom is -0.493 e. The van der Waals surface area contributed by atoms with Crippen molar-refractivity contribution in [1.82, 2.24) is 10.1 Å². The van der Waals surface area contributed by atoms with Gasteiger partial charge in [-0.2, -0.15) is 0 Å². The van der Waals surface area contributed by atoms with Crippen LogP contribution in [0.4, 0.5) is 5.88 Å². The van der Waals surface area contributed by atoms with Crippen molar-refractivity contribution < 1.29 is 18.8 Å². The third-order valence-electron chi connectivity index (χ3n) is 3.20. The molecule has 0 spiro atoms. The van der Waals surface area contributed by atoms with Crippen molar-refractivity contribution in [3.8, 4) is 11.5 Å². The summed E-state index contributed by atoms with van der Waals surface area (Å²) in [5.41, 5.74) is 1.74.